The summed E-state index contributed by atoms with van der Waals surface area (Å²) in [4.78, 5) is 2.52. The van der Waals surface area contributed by atoms with E-state index in [1.54, 1.807) is 0 Å². The van der Waals surface area contributed by atoms with Crippen molar-refractivity contribution in [3.05, 3.63) is 35.4 Å². The average Bonchev–Trinajstić information content (AvgIpc) is 3.20. The Bertz CT molecular complexity index is 434. The van der Waals surface area contributed by atoms with Crippen molar-refractivity contribution in [1.29, 1.82) is 0 Å². The summed E-state index contributed by atoms with van der Waals surface area (Å²) < 4.78 is 5.82. The molecule has 1 N–H and O–H groups in total. The molecule has 1 saturated heterocycles. The largest absolute Gasteiger partial charge is 0.373 e. The van der Waals surface area contributed by atoms with Crippen molar-refractivity contribution in [3.63, 3.8) is 0 Å². The monoisotopic (exact) mass is 274 g/mol. The van der Waals surface area contributed by atoms with Crippen molar-refractivity contribution in [2.75, 3.05) is 13.1 Å². The van der Waals surface area contributed by atoms with Crippen LogP contribution in [0.1, 0.15) is 37.8 Å². The van der Waals surface area contributed by atoms with E-state index in [4.69, 9.17) is 4.74 Å². The highest BCUT2D eigenvalue weighted by atomic mass is 16.5. The predicted molar refractivity (Wildman–Crippen MR) is 81.6 cm³/mol. The van der Waals surface area contributed by atoms with Gasteiger partial charge >= 0.3 is 0 Å². The molecule has 0 aromatic heterocycles. The number of benzene rings is 1. The number of hydrogen-bond donors (Lipinski definition) is 1. The molecule has 0 radical (unpaired) electrons. The van der Waals surface area contributed by atoms with E-state index in [9.17, 15) is 0 Å². The fraction of sp³-hybridized carbons (Fsp3) is 0.647. The fourth-order valence-electron chi connectivity index (χ4n) is 3.08. The summed E-state index contributed by atoms with van der Waals surface area (Å²) in [7, 11) is 0. The number of nitrogens with zero attached hydrogens (tertiary/aromatic N) is 1. The van der Waals surface area contributed by atoms with Crippen molar-refractivity contribution in [2.24, 2.45) is 0 Å². The van der Waals surface area contributed by atoms with Gasteiger partial charge in [0, 0.05) is 32.2 Å². The molecule has 1 aromatic carbocycles. The molecule has 0 bridgehead atoms. The van der Waals surface area contributed by atoms with E-state index in [2.05, 4.69) is 48.3 Å². The zero-order valence-corrected chi connectivity index (χ0v) is 12.6. The minimum atomic E-state index is 0.343. The van der Waals surface area contributed by atoms with E-state index in [1.807, 2.05) is 0 Å². The molecule has 110 valence electrons. The van der Waals surface area contributed by atoms with Crippen LogP contribution in [0.15, 0.2) is 24.3 Å². The zero-order valence-electron chi connectivity index (χ0n) is 12.6. The molecule has 1 aliphatic carbocycles. The van der Waals surface area contributed by atoms with Gasteiger partial charge in [0.15, 0.2) is 0 Å². The van der Waals surface area contributed by atoms with Gasteiger partial charge in [-0.3, -0.25) is 4.90 Å². The summed E-state index contributed by atoms with van der Waals surface area (Å²) in [6.07, 6.45) is 3.38. The van der Waals surface area contributed by atoms with Crippen molar-refractivity contribution < 1.29 is 4.74 Å². The Balaban J connectivity index is 1.63. The molecule has 2 aliphatic rings. The molecule has 20 heavy (non-hydrogen) atoms. The van der Waals surface area contributed by atoms with Crippen LogP contribution in [0.2, 0.25) is 0 Å². The molecule has 0 unspecified atom stereocenters. The lowest BCUT2D eigenvalue weighted by atomic mass is 10.1. The van der Waals surface area contributed by atoms with E-state index >= 15 is 0 Å². The third-order valence-corrected chi connectivity index (χ3v) is 4.17. The standard InChI is InChI=1S/C17H26N2O/c1-13-10-19(11-14(2)20-13)12-16-6-4-3-5-15(16)9-18-17-7-8-17/h3-6,13-14,17-18H,7-12H2,1-2H3/t13-,14+. The van der Waals surface area contributed by atoms with E-state index in [-0.39, 0.29) is 0 Å². The van der Waals surface area contributed by atoms with Crippen LogP contribution in [0.5, 0.6) is 0 Å². The Labute approximate surface area is 122 Å². The minimum Gasteiger partial charge on any atom is -0.373 e. The molecule has 1 aliphatic heterocycles. The van der Waals surface area contributed by atoms with E-state index in [0.29, 0.717) is 12.2 Å². The third-order valence-electron chi connectivity index (χ3n) is 4.17. The van der Waals surface area contributed by atoms with Gasteiger partial charge in [-0.2, -0.15) is 0 Å². The molecule has 3 heteroatoms. The van der Waals surface area contributed by atoms with Gasteiger partial charge in [0.1, 0.15) is 0 Å². The van der Waals surface area contributed by atoms with Gasteiger partial charge < -0.3 is 10.1 Å². The second-order valence-corrected chi connectivity index (χ2v) is 6.38. The zero-order chi connectivity index (χ0) is 13.9. The minimum absolute atomic E-state index is 0.343. The van der Waals surface area contributed by atoms with Crippen molar-refractivity contribution in [2.45, 2.75) is 58.0 Å². The van der Waals surface area contributed by atoms with Gasteiger partial charge in [0.25, 0.3) is 0 Å². The molecule has 3 nitrogen and oxygen atoms in total. The fourth-order valence-corrected chi connectivity index (χ4v) is 3.08. The molecule has 0 spiro atoms. The number of nitrogens with one attached hydrogen (secondary N) is 1. The molecular weight excluding hydrogens is 248 g/mol. The molecule has 0 amide bonds. The summed E-state index contributed by atoms with van der Waals surface area (Å²) in [5, 5.41) is 3.62. The van der Waals surface area contributed by atoms with E-state index in [0.717, 1.165) is 32.2 Å². The van der Waals surface area contributed by atoms with Crippen LogP contribution in [-0.2, 0) is 17.8 Å². The highest BCUT2D eigenvalue weighted by Gasteiger charge is 2.23. The molecule has 2 atom stereocenters. The van der Waals surface area contributed by atoms with Gasteiger partial charge in [0.2, 0.25) is 0 Å². The topological polar surface area (TPSA) is 24.5 Å². The normalized spacial score (nSPS) is 27.7. The molecule has 1 aromatic rings. The number of rotatable bonds is 5. The van der Waals surface area contributed by atoms with Gasteiger partial charge in [-0.25, -0.2) is 0 Å². The first-order valence-electron chi connectivity index (χ1n) is 7.88. The number of hydrogen-bond acceptors (Lipinski definition) is 3. The SMILES string of the molecule is C[C@@H]1CN(Cc2ccccc2CNC2CC2)C[C@H](C)O1. The van der Waals surface area contributed by atoms with Crippen LogP contribution in [0.4, 0.5) is 0 Å². The Kier molecular flexibility index (Phi) is 4.39. The van der Waals surface area contributed by atoms with Crippen LogP contribution >= 0.6 is 0 Å². The quantitative estimate of drug-likeness (QED) is 0.893. The molecular formula is C17H26N2O. The average molecular weight is 274 g/mol. The van der Waals surface area contributed by atoms with Crippen LogP contribution in [0, 0.1) is 0 Å². The van der Waals surface area contributed by atoms with E-state index in [1.165, 1.54) is 24.0 Å². The van der Waals surface area contributed by atoms with E-state index < -0.39 is 0 Å². The number of ether oxygens (including phenoxy) is 1. The van der Waals surface area contributed by atoms with Crippen LogP contribution in [0.25, 0.3) is 0 Å². The summed E-state index contributed by atoms with van der Waals surface area (Å²) in [5.41, 5.74) is 2.91. The van der Waals surface area contributed by atoms with Gasteiger partial charge in [-0.05, 0) is 37.8 Å². The van der Waals surface area contributed by atoms with Gasteiger partial charge in [0.05, 0.1) is 12.2 Å². The van der Waals surface area contributed by atoms with Gasteiger partial charge in [-0.15, -0.1) is 0 Å². The summed E-state index contributed by atoms with van der Waals surface area (Å²) in [6.45, 7) is 8.47. The Morgan fingerprint density at radius 3 is 2.40 bits per heavy atom. The lowest BCUT2D eigenvalue weighted by Gasteiger charge is -2.35. The summed E-state index contributed by atoms with van der Waals surface area (Å²) in [6, 6.07) is 9.61. The first kappa shape index (κ1) is 14.1. The highest BCUT2D eigenvalue weighted by Crippen LogP contribution is 2.21. The van der Waals surface area contributed by atoms with Gasteiger partial charge in [-0.1, -0.05) is 24.3 Å². The maximum absolute atomic E-state index is 5.82. The second kappa shape index (κ2) is 6.25. The maximum atomic E-state index is 5.82. The molecule has 1 heterocycles. The Morgan fingerprint density at radius 2 is 1.75 bits per heavy atom. The lowest BCUT2D eigenvalue weighted by molar-refractivity contribution is -0.0705. The smallest absolute Gasteiger partial charge is 0.0678 e. The van der Waals surface area contributed by atoms with Crippen molar-refractivity contribution >= 4 is 0 Å². The lowest BCUT2D eigenvalue weighted by Crippen LogP contribution is -2.45. The van der Waals surface area contributed by atoms with Crippen LogP contribution in [0.3, 0.4) is 0 Å². The Hall–Kier alpha value is -0.900. The van der Waals surface area contributed by atoms with Crippen molar-refractivity contribution in [3.8, 4) is 0 Å². The van der Waals surface area contributed by atoms with Crippen molar-refractivity contribution in [1.82, 2.24) is 10.2 Å². The Morgan fingerprint density at radius 1 is 1.10 bits per heavy atom. The first-order chi connectivity index (χ1) is 9.70. The van der Waals surface area contributed by atoms with Crippen LogP contribution in [-0.4, -0.2) is 36.2 Å². The third kappa shape index (κ3) is 3.81. The first-order valence-corrected chi connectivity index (χ1v) is 7.88. The maximum Gasteiger partial charge on any atom is 0.0678 e. The molecule has 3 rings (SSSR count). The predicted octanol–water partition coefficient (Wildman–Crippen LogP) is 2.55. The number of morpholine rings is 1. The molecule has 1 saturated carbocycles. The summed E-state index contributed by atoms with van der Waals surface area (Å²) in [5.74, 6) is 0. The second-order valence-electron chi connectivity index (χ2n) is 6.38. The van der Waals surface area contributed by atoms with Crippen LogP contribution < -0.4 is 5.32 Å². The highest BCUT2D eigenvalue weighted by molar-refractivity contribution is 5.27. The summed E-state index contributed by atoms with van der Waals surface area (Å²) >= 11 is 0. The molecule has 2 fully saturated rings.